The summed E-state index contributed by atoms with van der Waals surface area (Å²) in [6.07, 6.45) is 3.17. The summed E-state index contributed by atoms with van der Waals surface area (Å²) in [5.41, 5.74) is 0.813. The fraction of sp³-hybridized carbons (Fsp3) is 0.381. The molecule has 0 saturated carbocycles. The number of anilines is 1. The standard InChI is InChI=1S/C21H25N5O4/c1-24-7-9-25(10-8-24)17-6-5-14(12-22-17)26-13-23-18-15(21(26)27)11-16(28-2)19(29-3)20(18)30-4/h5-6,11-13H,7-10H2,1-4H3. The lowest BCUT2D eigenvalue weighted by Crippen LogP contribution is -2.44. The number of aromatic nitrogens is 3. The SMILES string of the molecule is COc1cc2c(=O)n(-c3ccc(N4CCN(C)CC4)nc3)cnc2c(OC)c1OC. The van der Waals surface area contributed by atoms with E-state index < -0.39 is 0 Å². The summed E-state index contributed by atoms with van der Waals surface area (Å²) in [5.74, 6) is 2.07. The number of rotatable bonds is 5. The summed E-state index contributed by atoms with van der Waals surface area (Å²) in [4.78, 5) is 26.8. The quantitative estimate of drug-likeness (QED) is 0.626. The van der Waals surface area contributed by atoms with Crippen molar-refractivity contribution in [3.8, 4) is 22.9 Å². The first kappa shape index (κ1) is 20.0. The van der Waals surface area contributed by atoms with Crippen LogP contribution in [0, 0.1) is 0 Å². The minimum atomic E-state index is -0.242. The van der Waals surface area contributed by atoms with Crippen LogP contribution < -0.4 is 24.7 Å². The molecule has 0 aliphatic carbocycles. The average Bonchev–Trinajstić information content (AvgIpc) is 2.78. The van der Waals surface area contributed by atoms with E-state index in [1.165, 1.54) is 32.2 Å². The van der Waals surface area contributed by atoms with Crippen molar-refractivity contribution >= 4 is 16.7 Å². The maximum absolute atomic E-state index is 13.2. The van der Waals surface area contributed by atoms with Gasteiger partial charge in [-0.3, -0.25) is 9.36 Å². The van der Waals surface area contributed by atoms with E-state index in [9.17, 15) is 4.79 Å². The number of ether oxygens (including phenoxy) is 3. The number of nitrogens with zero attached hydrogens (tertiary/aromatic N) is 5. The van der Waals surface area contributed by atoms with Gasteiger partial charge in [0.1, 0.15) is 17.7 Å². The Morgan fingerprint density at radius 2 is 1.67 bits per heavy atom. The Kier molecular flexibility index (Phi) is 5.45. The molecule has 0 N–H and O–H groups in total. The summed E-state index contributed by atoms with van der Waals surface area (Å²) in [5, 5.41) is 0.371. The molecule has 1 aliphatic heterocycles. The number of benzene rings is 1. The van der Waals surface area contributed by atoms with Gasteiger partial charge in [-0.05, 0) is 25.2 Å². The Morgan fingerprint density at radius 3 is 2.27 bits per heavy atom. The monoisotopic (exact) mass is 411 g/mol. The number of methoxy groups -OCH3 is 3. The summed E-state index contributed by atoms with van der Waals surface area (Å²) in [7, 11) is 6.65. The molecule has 9 nitrogen and oxygen atoms in total. The molecular formula is C21H25N5O4. The predicted molar refractivity (Wildman–Crippen MR) is 115 cm³/mol. The lowest BCUT2D eigenvalue weighted by Gasteiger charge is -2.33. The highest BCUT2D eigenvalue weighted by molar-refractivity contribution is 5.89. The summed E-state index contributed by atoms with van der Waals surface area (Å²) in [6, 6.07) is 5.44. The summed E-state index contributed by atoms with van der Waals surface area (Å²) >= 11 is 0. The maximum atomic E-state index is 13.2. The van der Waals surface area contributed by atoms with Gasteiger partial charge in [-0.25, -0.2) is 9.97 Å². The summed E-state index contributed by atoms with van der Waals surface area (Å²) in [6.45, 7) is 3.87. The van der Waals surface area contributed by atoms with Crippen LogP contribution in [-0.2, 0) is 0 Å². The molecule has 1 saturated heterocycles. The minimum Gasteiger partial charge on any atom is -0.493 e. The van der Waals surface area contributed by atoms with Crippen LogP contribution in [0.15, 0.2) is 35.5 Å². The van der Waals surface area contributed by atoms with Crippen molar-refractivity contribution < 1.29 is 14.2 Å². The van der Waals surface area contributed by atoms with Crippen molar-refractivity contribution in [2.24, 2.45) is 0 Å². The van der Waals surface area contributed by atoms with E-state index in [1.54, 1.807) is 12.3 Å². The smallest absolute Gasteiger partial charge is 0.266 e. The molecule has 0 unspecified atom stereocenters. The average molecular weight is 411 g/mol. The van der Waals surface area contributed by atoms with Gasteiger partial charge in [0, 0.05) is 26.2 Å². The molecular weight excluding hydrogens is 386 g/mol. The second-order valence-corrected chi connectivity index (χ2v) is 7.13. The molecule has 9 heteroatoms. The van der Waals surface area contributed by atoms with Crippen LogP contribution >= 0.6 is 0 Å². The Balaban J connectivity index is 1.74. The van der Waals surface area contributed by atoms with Crippen LogP contribution in [0.4, 0.5) is 5.82 Å². The Hall–Kier alpha value is -3.33. The molecule has 1 aromatic carbocycles. The van der Waals surface area contributed by atoms with Crippen LogP contribution in [0.5, 0.6) is 17.2 Å². The third-order valence-electron chi connectivity index (χ3n) is 5.39. The lowest BCUT2D eigenvalue weighted by atomic mass is 10.2. The zero-order valence-corrected chi connectivity index (χ0v) is 17.6. The number of fused-ring (bicyclic) bond motifs is 1. The summed E-state index contributed by atoms with van der Waals surface area (Å²) < 4.78 is 17.7. The predicted octanol–water partition coefficient (Wildman–Crippen LogP) is 1.56. The van der Waals surface area contributed by atoms with Crippen LogP contribution in [0.25, 0.3) is 16.6 Å². The zero-order valence-electron chi connectivity index (χ0n) is 17.6. The van der Waals surface area contributed by atoms with Crippen molar-refractivity contribution in [1.82, 2.24) is 19.4 Å². The largest absolute Gasteiger partial charge is 0.493 e. The highest BCUT2D eigenvalue weighted by Crippen LogP contribution is 2.41. The number of hydrogen-bond acceptors (Lipinski definition) is 8. The molecule has 3 aromatic rings. The normalized spacial score (nSPS) is 14.7. The van der Waals surface area contributed by atoms with Gasteiger partial charge >= 0.3 is 0 Å². The second-order valence-electron chi connectivity index (χ2n) is 7.13. The minimum absolute atomic E-state index is 0.242. The van der Waals surface area contributed by atoms with Crippen molar-refractivity contribution in [3.63, 3.8) is 0 Å². The molecule has 0 radical (unpaired) electrons. The van der Waals surface area contributed by atoms with Gasteiger partial charge in [-0.2, -0.15) is 0 Å². The van der Waals surface area contributed by atoms with Gasteiger partial charge in [-0.15, -0.1) is 0 Å². The topological polar surface area (TPSA) is 82.0 Å². The maximum Gasteiger partial charge on any atom is 0.266 e. The Morgan fingerprint density at radius 1 is 0.933 bits per heavy atom. The van der Waals surface area contributed by atoms with Crippen molar-refractivity contribution in [2.75, 3.05) is 59.5 Å². The number of piperazine rings is 1. The number of likely N-dealkylation sites (N-methyl/N-ethyl adjacent to an activating group) is 1. The van der Waals surface area contributed by atoms with E-state index in [4.69, 9.17) is 14.2 Å². The highest BCUT2D eigenvalue weighted by atomic mass is 16.5. The molecule has 0 atom stereocenters. The van der Waals surface area contributed by atoms with Gasteiger partial charge in [0.15, 0.2) is 11.5 Å². The molecule has 0 amide bonds. The van der Waals surface area contributed by atoms with Gasteiger partial charge < -0.3 is 24.0 Å². The first-order valence-electron chi connectivity index (χ1n) is 9.67. The number of pyridine rings is 1. The van der Waals surface area contributed by atoms with Crippen molar-refractivity contribution in [1.29, 1.82) is 0 Å². The molecule has 1 fully saturated rings. The van der Waals surface area contributed by atoms with Crippen LogP contribution in [0.1, 0.15) is 0 Å². The fourth-order valence-corrected chi connectivity index (χ4v) is 3.66. The molecule has 30 heavy (non-hydrogen) atoms. The third kappa shape index (κ3) is 3.41. The van der Waals surface area contributed by atoms with Gasteiger partial charge in [-0.1, -0.05) is 0 Å². The molecule has 0 bridgehead atoms. The van der Waals surface area contributed by atoms with Gasteiger partial charge in [0.05, 0.1) is 38.6 Å². The second kappa shape index (κ2) is 8.19. The van der Waals surface area contributed by atoms with Crippen LogP contribution in [-0.4, -0.2) is 74.0 Å². The molecule has 0 spiro atoms. The first-order valence-corrected chi connectivity index (χ1v) is 9.67. The first-order chi connectivity index (χ1) is 14.6. The van der Waals surface area contributed by atoms with E-state index >= 15 is 0 Å². The van der Waals surface area contributed by atoms with E-state index in [0.29, 0.717) is 33.8 Å². The zero-order chi connectivity index (χ0) is 21.3. The van der Waals surface area contributed by atoms with E-state index in [-0.39, 0.29) is 5.56 Å². The van der Waals surface area contributed by atoms with E-state index in [1.807, 2.05) is 12.1 Å². The van der Waals surface area contributed by atoms with E-state index in [2.05, 4.69) is 26.8 Å². The molecule has 4 rings (SSSR count). The number of hydrogen-bond donors (Lipinski definition) is 0. The third-order valence-corrected chi connectivity index (χ3v) is 5.39. The Labute approximate surface area is 174 Å². The van der Waals surface area contributed by atoms with Gasteiger partial charge in [0.2, 0.25) is 5.75 Å². The molecule has 158 valence electrons. The fourth-order valence-electron chi connectivity index (χ4n) is 3.66. The van der Waals surface area contributed by atoms with Crippen molar-refractivity contribution in [2.45, 2.75) is 0 Å². The van der Waals surface area contributed by atoms with E-state index in [0.717, 1.165) is 32.0 Å². The highest BCUT2D eigenvalue weighted by Gasteiger charge is 2.20. The van der Waals surface area contributed by atoms with Crippen LogP contribution in [0.2, 0.25) is 0 Å². The van der Waals surface area contributed by atoms with Gasteiger partial charge in [0.25, 0.3) is 5.56 Å². The lowest BCUT2D eigenvalue weighted by molar-refractivity contribution is 0.312. The van der Waals surface area contributed by atoms with Crippen LogP contribution in [0.3, 0.4) is 0 Å². The molecule has 3 heterocycles. The van der Waals surface area contributed by atoms with Crippen molar-refractivity contribution in [3.05, 3.63) is 41.1 Å². The molecule has 1 aliphatic rings. The Bertz CT molecular complexity index is 1110. The molecule has 2 aromatic heterocycles.